The maximum atomic E-state index is 5.51. The number of nitrogens with two attached hydrogens (primary N) is 1. The first-order chi connectivity index (χ1) is 7.00. The van der Waals surface area contributed by atoms with Gasteiger partial charge in [0.15, 0.2) is 0 Å². The minimum Gasteiger partial charge on any atom is -0.393 e. The van der Waals surface area contributed by atoms with E-state index in [0.29, 0.717) is 11.4 Å². The number of nitrogens with zero attached hydrogens (tertiary/aromatic N) is 3. The molecule has 0 spiro atoms. The first kappa shape index (κ1) is 11.8. The molecule has 0 bridgehead atoms. The highest BCUT2D eigenvalue weighted by atomic mass is 32.1. The van der Waals surface area contributed by atoms with E-state index in [0.717, 1.165) is 11.6 Å². The number of aryl methyl sites for hydroxylation is 1. The highest BCUT2D eigenvalue weighted by molar-refractivity contribution is 7.80. The summed E-state index contributed by atoms with van der Waals surface area (Å²) >= 11 is 4.89. The Bertz CT molecular complexity index is 353. The van der Waals surface area contributed by atoms with E-state index in [-0.39, 0.29) is 6.04 Å². The molecule has 1 aromatic heterocycles. The summed E-state index contributed by atoms with van der Waals surface area (Å²) in [5.74, 6) is 1.66. The van der Waals surface area contributed by atoms with Gasteiger partial charge in [0.25, 0.3) is 0 Å². The maximum absolute atomic E-state index is 5.51. The van der Waals surface area contributed by atoms with Crippen LogP contribution in [0.25, 0.3) is 0 Å². The Morgan fingerprint density at radius 1 is 1.67 bits per heavy atom. The van der Waals surface area contributed by atoms with Gasteiger partial charge in [-0.1, -0.05) is 12.2 Å². The normalized spacial score (nSPS) is 12.2. The van der Waals surface area contributed by atoms with Crippen molar-refractivity contribution in [1.82, 2.24) is 9.97 Å². The van der Waals surface area contributed by atoms with Crippen LogP contribution in [0.5, 0.6) is 0 Å². The quantitative estimate of drug-likeness (QED) is 0.781. The third kappa shape index (κ3) is 3.43. The summed E-state index contributed by atoms with van der Waals surface area (Å²) in [7, 11) is 1.98. The number of anilines is 1. The van der Waals surface area contributed by atoms with Crippen molar-refractivity contribution < 1.29 is 0 Å². The zero-order valence-electron chi connectivity index (χ0n) is 9.27. The van der Waals surface area contributed by atoms with Crippen LogP contribution in [0.3, 0.4) is 0 Å². The Labute approximate surface area is 95.5 Å². The van der Waals surface area contributed by atoms with Crippen molar-refractivity contribution in [3.05, 3.63) is 18.1 Å². The fourth-order valence-corrected chi connectivity index (χ4v) is 1.54. The summed E-state index contributed by atoms with van der Waals surface area (Å²) in [5, 5.41) is 0. The van der Waals surface area contributed by atoms with Crippen LogP contribution in [0.2, 0.25) is 0 Å². The van der Waals surface area contributed by atoms with Gasteiger partial charge in [-0.15, -0.1) is 0 Å². The first-order valence-electron chi connectivity index (χ1n) is 4.81. The van der Waals surface area contributed by atoms with Crippen LogP contribution in [0.4, 0.5) is 5.82 Å². The predicted molar refractivity (Wildman–Crippen MR) is 66.0 cm³/mol. The van der Waals surface area contributed by atoms with Crippen LogP contribution in [0.1, 0.15) is 19.2 Å². The molecule has 15 heavy (non-hydrogen) atoms. The van der Waals surface area contributed by atoms with E-state index in [9.17, 15) is 0 Å². The van der Waals surface area contributed by atoms with Gasteiger partial charge in [0, 0.05) is 25.7 Å². The minimum absolute atomic E-state index is 0.247. The molecule has 0 amide bonds. The Morgan fingerprint density at radius 2 is 2.33 bits per heavy atom. The lowest BCUT2D eigenvalue weighted by Gasteiger charge is -2.25. The molecule has 0 saturated carbocycles. The van der Waals surface area contributed by atoms with E-state index in [4.69, 9.17) is 18.0 Å². The molecule has 0 aromatic carbocycles. The molecule has 82 valence electrons. The highest BCUT2D eigenvalue weighted by Crippen LogP contribution is 2.12. The standard InChI is InChI=1S/C10H16N4S/c1-7(6-9(11)15)14(3)10-4-5-12-8(2)13-10/h4-5,7H,6H2,1-3H3,(H2,11,15). The van der Waals surface area contributed by atoms with E-state index in [2.05, 4.69) is 16.9 Å². The third-order valence-electron chi connectivity index (χ3n) is 2.28. The van der Waals surface area contributed by atoms with E-state index in [1.165, 1.54) is 0 Å². The largest absolute Gasteiger partial charge is 0.393 e. The second-order valence-corrected chi connectivity index (χ2v) is 4.12. The summed E-state index contributed by atoms with van der Waals surface area (Å²) < 4.78 is 0. The number of thiocarbonyl (C=S) groups is 1. The monoisotopic (exact) mass is 224 g/mol. The molecule has 0 aliphatic carbocycles. The number of rotatable bonds is 4. The topological polar surface area (TPSA) is 55.0 Å². The number of hydrogen-bond donors (Lipinski definition) is 1. The molecular formula is C10H16N4S. The van der Waals surface area contributed by atoms with Crippen LogP contribution in [0, 0.1) is 6.92 Å². The summed E-state index contributed by atoms with van der Waals surface area (Å²) in [6.45, 7) is 3.94. The maximum Gasteiger partial charge on any atom is 0.132 e. The fourth-order valence-electron chi connectivity index (χ4n) is 1.29. The van der Waals surface area contributed by atoms with Gasteiger partial charge >= 0.3 is 0 Å². The zero-order valence-corrected chi connectivity index (χ0v) is 10.1. The van der Waals surface area contributed by atoms with E-state index in [1.54, 1.807) is 6.20 Å². The molecule has 2 N–H and O–H groups in total. The van der Waals surface area contributed by atoms with Gasteiger partial charge in [0.05, 0.1) is 4.99 Å². The summed E-state index contributed by atoms with van der Waals surface area (Å²) in [6, 6.07) is 2.13. The average molecular weight is 224 g/mol. The van der Waals surface area contributed by atoms with Crippen molar-refractivity contribution in [3.8, 4) is 0 Å². The van der Waals surface area contributed by atoms with Crippen molar-refractivity contribution in [2.75, 3.05) is 11.9 Å². The SMILES string of the molecule is Cc1nccc(N(C)C(C)CC(N)=S)n1. The summed E-state index contributed by atoms with van der Waals surface area (Å²) in [4.78, 5) is 11.0. The van der Waals surface area contributed by atoms with Crippen LogP contribution in [0.15, 0.2) is 12.3 Å². The smallest absolute Gasteiger partial charge is 0.132 e. The Hall–Kier alpha value is -1.23. The van der Waals surface area contributed by atoms with Gasteiger partial charge in [-0.05, 0) is 19.9 Å². The Morgan fingerprint density at radius 3 is 2.87 bits per heavy atom. The van der Waals surface area contributed by atoms with Gasteiger partial charge in [-0.3, -0.25) is 0 Å². The van der Waals surface area contributed by atoms with Crippen LogP contribution in [-0.2, 0) is 0 Å². The van der Waals surface area contributed by atoms with Gasteiger partial charge < -0.3 is 10.6 Å². The average Bonchev–Trinajstić information content (AvgIpc) is 2.15. The lowest BCUT2D eigenvalue weighted by molar-refractivity contribution is 0.702. The molecule has 0 aliphatic rings. The molecule has 1 heterocycles. The molecule has 4 nitrogen and oxygen atoms in total. The van der Waals surface area contributed by atoms with Crippen LogP contribution in [-0.4, -0.2) is 28.0 Å². The molecule has 0 radical (unpaired) electrons. The third-order valence-corrected chi connectivity index (χ3v) is 2.45. The molecule has 0 aliphatic heterocycles. The highest BCUT2D eigenvalue weighted by Gasteiger charge is 2.12. The van der Waals surface area contributed by atoms with Crippen LogP contribution >= 0.6 is 12.2 Å². The second-order valence-electron chi connectivity index (χ2n) is 3.59. The number of hydrogen-bond acceptors (Lipinski definition) is 4. The van der Waals surface area contributed by atoms with E-state index < -0.39 is 0 Å². The minimum atomic E-state index is 0.247. The fraction of sp³-hybridized carbons (Fsp3) is 0.500. The first-order valence-corrected chi connectivity index (χ1v) is 5.22. The molecule has 0 saturated heterocycles. The number of aromatic nitrogens is 2. The van der Waals surface area contributed by atoms with Crippen LogP contribution < -0.4 is 10.6 Å². The van der Waals surface area contributed by atoms with Crippen molar-refractivity contribution in [2.24, 2.45) is 5.73 Å². The lowest BCUT2D eigenvalue weighted by Crippen LogP contribution is -2.33. The summed E-state index contributed by atoms with van der Waals surface area (Å²) in [6.07, 6.45) is 2.44. The zero-order chi connectivity index (χ0) is 11.4. The van der Waals surface area contributed by atoms with Crippen molar-refractivity contribution in [2.45, 2.75) is 26.3 Å². The molecule has 5 heteroatoms. The van der Waals surface area contributed by atoms with E-state index in [1.807, 2.05) is 24.9 Å². The van der Waals surface area contributed by atoms with Gasteiger partial charge in [0.1, 0.15) is 11.6 Å². The van der Waals surface area contributed by atoms with Crippen molar-refractivity contribution >= 4 is 23.0 Å². The second kappa shape index (κ2) is 5.02. The summed E-state index contributed by atoms with van der Waals surface area (Å²) in [5.41, 5.74) is 5.51. The molecule has 1 atom stereocenters. The van der Waals surface area contributed by atoms with Gasteiger partial charge in [0.2, 0.25) is 0 Å². The van der Waals surface area contributed by atoms with Gasteiger partial charge in [-0.25, -0.2) is 9.97 Å². The molecule has 0 fully saturated rings. The molecule has 1 rings (SSSR count). The molecular weight excluding hydrogens is 208 g/mol. The van der Waals surface area contributed by atoms with Gasteiger partial charge in [-0.2, -0.15) is 0 Å². The Kier molecular flexibility index (Phi) is 3.96. The molecule has 1 unspecified atom stereocenters. The molecule has 1 aromatic rings. The Balaban J connectivity index is 2.75. The lowest BCUT2D eigenvalue weighted by atomic mass is 10.2. The van der Waals surface area contributed by atoms with Crippen molar-refractivity contribution in [3.63, 3.8) is 0 Å². The van der Waals surface area contributed by atoms with Crippen molar-refractivity contribution in [1.29, 1.82) is 0 Å². The van der Waals surface area contributed by atoms with E-state index >= 15 is 0 Å². The predicted octanol–water partition coefficient (Wildman–Crippen LogP) is 1.29.